The van der Waals surface area contributed by atoms with E-state index in [4.69, 9.17) is 16.6 Å². The molecule has 3 heterocycles. The second-order valence-corrected chi connectivity index (χ2v) is 9.77. The maximum atomic E-state index is 12.8. The van der Waals surface area contributed by atoms with E-state index >= 15 is 0 Å². The third-order valence-electron chi connectivity index (χ3n) is 5.87. The summed E-state index contributed by atoms with van der Waals surface area (Å²) in [5.41, 5.74) is 4.27. The summed E-state index contributed by atoms with van der Waals surface area (Å²) >= 11 is 7.55. The van der Waals surface area contributed by atoms with Gasteiger partial charge < -0.3 is 5.32 Å². The largest absolute Gasteiger partial charge is 0.367 e. The number of aromatic nitrogens is 3. The predicted molar refractivity (Wildman–Crippen MR) is 139 cm³/mol. The SMILES string of the molecule is Cc1cccc(-c2nc(NC(=O)c3cccnc3Cl)sc2-c2ccnc(NC3CCCC3)c2)c1. The fraction of sp³-hybridized carbons (Fsp3) is 0.231. The van der Waals surface area contributed by atoms with Crippen molar-refractivity contribution < 1.29 is 4.79 Å². The Morgan fingerprint density at radius 3 is 2.68 bits per heavy atom. The van der Waals surface area contributed by atoms with Gasteiger partial charge in [0, 0.05) is 24.0 Å². The van der Waals surface area contributed by atoms with Crippen LogP contribution < -0.4 is 10.6 Å². The highest BCUT2D eigenvalue weighted by Crippen LogP contribution is 2.40. The van der Waals surface area contributed by atoms with Crippen molar-refractivity contribution in [3.63, 3.8) is 0 Å². The summed E-state index contributed by atoms with van der Waals surface area (Å²) < 4.78 is 0. The van der Waals surface area contributed by atoms with Crippen molar-refractivity contribution in [2.75, 3.05) is 10.6 Å². The zero-order valence-electron chi connectivity index (χ0n) is 18.7. The van der Waals surface area contributed by atoms with Crippen molar-refractivity contribution in [2.24, 2.45) is 0 Å². The first kappa shape index (κ1) is 22.5. The smallest absolute Gasteiger partial charge is 0.260 e. The molecule has 34 heavy (non-hydrogen) atoms. The number of aryl methyl sites for hydroxylation is 1. The number of pyridine rings is 2. The maximum Gasteiger partial charge on any atom is 0.260 e. The topological polar surface area (TPSA) is 79.8 Å². The number of carbonyl (C=O) groups is 1. The molecule has 1 saturated carbocycles. The van der Waals surface area contributed by atoms with Gasteiger partial charge in [0.2, 0.25) is 0 Å². The number of halogens is 1. The summed E-state index contributed by atoms with van der Waals surface area (Å²) in [6, 6.07) is 16.0. The average Bonchev–Trinajstić information content (AvgIpc) is 3.50. The number of amides is 1. The van der Waals surface area contributed by atoms with Gasteiger partial charge in [0.05, 0.1) is 16.1 Å². The van der Waals surface area contributed by atoms with Crippen LogP contribution in [0.2, 0.25) is 5.15 Å². The molecule has 0 saturated heterocycles. The lowest BCUT2D eigenvalue weighted by molar-refractivity contribution is 0.102. The van der Waals surface area contributed by atoms with E-state index in [1.165, 1.54) is 37.0 Å². The predicted octanol–water partition coefficient (Wildman–Crippen LogP) is 6.84. The first-order valence-electron chi connectivity index (χ1n) is 11.3. The molecule has 1 aliphatic carbocycles. The highest BCUT2D eigenvalue weighted by atomic mass is 35.5. The summed E-state index contributed by atoms with van der Waals surface area (Å²) in [5.74, 6) is 0.522. The van der Waals surface area contributed by atoms with Gasteiger partial charge in [0.15, 0.2) is 5.13 Å². The molecule has 0 unspecified atom stereocenters. The number of hydrogen-bond donors (Lipinski definition) is 2. The Bertz CT molecular complexity index is 1330. The molecular weight excluding hydrogens is 466 g/mol. The van der Waals surface area contributed by atoms with E-state index in [1.807, 2.05) is 24.4 Å². The summed E-state index contributed by atoms with van der Waals surface area (Å²) in [6.45, 7) is 2.05. The van der Waals surface area contributed by atoms with Crippen molar-refractivity contribution in [3.05, 3.63) is 77.2 Å². The zero-order valence-corrected chi connectivity index (χ0v) is 20.3. The van der Waals surface area contributed by atoms with Crippen LogP contribution in [0, 0.1) is 6.92 Å². The first-order valence-corrected chi connectivity index (χ1v) is 12.5. The number of nitrogens with zero attached hydrogens (tertiary/aromatic N) is 3. The number of benzene rings is 1. The molecule has 0 bridgehead atoms. The van der Waals surface area contributed by atoms with Crippen molar-refractivity contribution in [3.8, 4) is 21.7 Å². The Balaban J connectivity index is 1.51. The monoisotopic (exact) mass is 489 g/mol. The van der Waals surface area contributed by atoms with Gasteiger partial charge in [-0.3, -0.25) is 10.1 Å². The Labute approximate surface area is 207 Å². The lowest BCUT2D eigenvalue weighted by Gasteiger charge is -2.13. The number of carbonyl (C=O) groups excluding carboxylic acids is 1. The molecule has 2 N–H and O–H groups in total. The molecule has 5 rings (SSSR count). The fourth-order valence-corrected chi connectivity index (χ4v) is 5.39. The minimum Gasteiger partial charge on any atom is -0.367 e. The van der Waals surface area contributed by atoms with Crippen LogP contribution in [0.1, 0.15) is 41.6 Å². The first-order chi connectivity index (χ1) is 16.6. The van der Waals surface area contributed by atoms with Crippen molar-refractivity contribution in [2.45, 2.75) is 38.6 Å². The summed E-state index contributed by atoms with van der Waals surface area (Å²) in [7, 11) is 0. The van der Waals surface area contributed by atoms with Crippen LogP contribution in [0.4, 0.5) is 10.9 Å². The zero-order chi connectivity index (χ0) is 23.5. The number of rotatable bonds is 6. The molecule has 1 aromatic carbocycles. The van der Waals surface area contributed by atoms with E-state index in [-0.39, 0.29) is 11.1 Å². The van der Waals surface area contributed by atoms with Crippen LogP contribution in [0.3, 0.4) is 0 Å². The standard InChI is InChI=1S/C26H24ClN5OS/c1-16-6-4-7-17(14-16)22-23(18-11-13-28-21(15-18)30-19-8-2-3-9-19)34-26(31-22)32-25(33)20-10-5-12-29-24(20)27/h4-7,10-15,19H,2-3,8-9H2,1H3,(H,28,30)(H,31,32,33). The van der Waals surface area contributed by atoms with E-state index in [0.717, 1.165) is 33.1 Å². The maximum absolute atomic E-state index is 12.8. The van der Waals surface area contributed by atoms with Gasteiger partial charge in [-0.2, -0.15) is 0 Å². The van der Waals surface area contributed by atoms with Crippen molar-refractivity contribution >= 4 is 39.8 Å². The van der Waals surface area contributed by atoms with Crippen molar-refractivity contribution in [1.82, 2.24) is 15.0 Å². The van der Waals surface area contributed by atoms with E-state index < -0.39 is 0 Å². The Morgan fingerprint density at radius 1 is 1.03 bits per heavy atom. The Kier molecular flexibility index (Phi) is 6.56. The van der Waals surface area contributed by atoms with Crippen LogP contribution in [-0.4, -0.2) is 26.9 Å². The van der Waals surface area contributed by atoms with Gasteiger partial charge in [-0.1, -0.05) is 59.5 Å². The van der Waals surface area contributed by atoms with E-state index in [1.54, 1.807) is 18.3 Å². The Morgan fingerprint density at radius 2 is 1.88 bits per heavy atom. The number of nitrogens with one attached hydrogen (secondary N) is 2. The molecule has 0 spiro atoms. The van der Waals surface area contributed by atoms with Crippen LogP contribution in [0.15, 0.2) is 60.9 Å². The molecule has 1 amide bonds. The minimum atomic E-state index is -0.340. The van der Waals surface area contributed by atoms with Gasteiger partial charge in [0.1, 0.15) is 11.0 Å². The second kappa shape index (κ2) is 9.91. The molecule has 6 nitrogen and oxygen atoms in total. The van der Waals surface area contributed by atoms with E-state index in [2.05, 4.69) is 45.7 Å². The number of anilines is 2. The Hall–Kier alpha value is -3.29. The lowest BCUT2D eigenvalue weighted by atomic mass is 10.1. The molecular formula is C26H24ClN5OS. The van der Waals surface area contributed by atoms with Gasteiger partial charge in [-0.05, 0) is 55.7 Å². The van der Waals surface area contributed by atoms with Crippen LogP contribution >= 0.6 is 22.9 Å². The summed E-state index contributed by atoms with van der Waals surface area (Å²) in [6.07, 6.45) is 8.24. The highest BCUT2D eigenvalue weighted by Gasteiger charge is 2.20. The van der Waals surface area contributed by atoms with Gasteiger partial charge in [-0.25, -0.2) is 15.0 Å². The molecule has 8 heteroatoms. The second-order valence-electron chi connectivity index (χ2n) is 8.42. The molecule has 0 atom stereocenters. The molecule has 172 valence electrons. The van der Waals surface area contributed by atoms with Gasteiger partial charge in [0.25, 0.3) is 5.91 Å². The van der Waals surface area contributed by atoms with Crippen LogP contribution in [0.25, 0.3) is 21.7 Å². The summed E-state index contributed by atoms with van der Waals surface area (Å²) in [4.78, 5) is 27.1. The summed E-state index contributed by atoms with van der Waals surface area (Å²) in [5, 5.41) is 7.13. The molecule has 1 fully saturated rings. The third-order valence-corrected chi connectivity index (χ3v) is 7.19. The van der Waals surface area contributed by atoms with Crippen LogP contribution in [0.5, 0.6) is 0 Å². The van der Waals surface area contributed by atoms with Gasteiger partial charge >= 0.3 is 0 Å². The fourth-order valence-electron chi connectivity index (χ4n) is 4.21. The van der Waals surface area contributed by atoms with Crippen LogP contribution in [-0.2, 0) is 0 Å². The molecule has 3 aromatic heterocycles. The van der Waals surface area contributed by atoms with Gasteiger partial charge in [-0.15, -0.1) is 0 Å². The van der Waals surface area contributed by atoms with Crippen molar-refractivity contribution in [1.29, 1.82) is 0 Å². The third kappa shape index (κ3) is 4.95. The average molecular weight is 490 g/mol. The lowest BCUT2D eigenvalue weighted by Crippen LogP contribution is -2.15. The molecule has 1 aliphatic rings. The quantitative estimate of drug-likeness (QED) is 0.290. The van der Waals surface area contributed by atoms with E-state index in [9.17, 15) is 4.79 Å². The number of hydrogen-bond acceptors (Lipinski definition) is 6. The number of thiazole rings is 1. The van der Waals surface area contributed by atoms with E-state index in [0.29, 0.717) is 16.7 Å². The molecule has 0 aliphatic heterocycles. The normalized spacial score (nSPS) is 13.7. The highest BCUT2D eigenvalue weighted by molar-refractivity contribution is 7.19. The minimum absolute atomic E-state index is 0.160. The molecule has 0 radical (unpaired) electrons. The molecule has 4 aromatic rings.